The van der Waals surface area contributed by atoms with Crippen molar-refractivity contribution in [3.8, 4) is 5.75 Å². The van der Waals surface area contributed by atoms with Gasteiger partial charge in [0.1, 0.15) is 5.75 Å². The first-order chi connectivity index (χ1) is 13.6. The van der Waals surface area contributed by atoms with E-state index in [1.54, 1.807) is 7.11 Å². The molecule has 0 radical (unpaired) electrons. The van der Waals surface area contributed by atoms with E-state index in [0.717, 1.165) is 44.0 Å². The molecule has 1 atom stereocenters. The van der Waals surface area contributed by atoms with E-state index in [9.17, 15) is 4.79 Å². The number of nitrogens with zero attached hydrogens (tertiary/aromatic N) is 2. The Morgan fingerprint density at radius 2 is 1.82 bits per heavy atom. The van der Waals surface area contributed by atoms with Gasteiger partial charge in [0, 0.05) is 43.6 Å². The molecule has 1 saturated heterocycles. The van der Waals surface area contributed by atoms with Gasteiger partial charge in [0.25, 0.3) is 0 Å². The predicted octanol–water partition coefficient (Wildman–Crippen LogP) is 3.97. The molecule has 0 unspecified atom stereocenters. The summed E-state index contributed by atoms with van der Waals surface area (Å²) in [6, 6.07) is 16.4. The van der Waals surface area contributed by atoms with Crippen LogP contribution in [0.4, 0.5) is 11.4 Å². The molecule has 5 nitrogen and oxygen atoms in total. The molecule has 1 heterocycles. The summed E-state index contributed by atoms with van der Waals surface area (Å²) in [4.78, 5) is 17.0. The molecule has 1 fully saturated rings. The number of ether oxygens (including phenoxy) is 1. The van der Waals surface area contributed by atoms with Crippen LogP contribution < -0.4 is 15.0 Å². The van der Waals surface area contributed by atoms with Crippen LogP contribution in [-0.4, -0.2) is 50.6 Å². The van der Waals surface area contributed by atoms with Crippen molar-refractivity contribution in [3.05, 3.63) is 54.1 Å². The molecule has 1 N–H and O–H groups in total. The van der Waals surface area contributed by atoms with Crippen molar-refractivity contribution in [1.29, 1.82) is 0 Å². The molecule has 28 heavy (non-hydrogen) atoms. The van der Waals surface area contributed by atoms with Gasteiger partial charge in [0.2, 0.25) is 5.91 Å². The summed E-state index contributed by atoms with van der Waals surface area (Å²) >= 11 is 0. The standard InChI is InChI=1S/C23H31N3O2/c1-4-18(2)19-8-10-20(11-9-19)24-23(27)17-25-12-14-26(15-13-25)21-6-5-7-22(16-21)28-3/h5-11,16,18H,4,12-15,17H2,1-3H3,(H,24,27)/t18-/m0/s1. The maximum atomic E-state index is 12.4. The van der Waals surface area contributed by atoms with Crippen LogP contribution in [0.1, 0.15) is 31.7 Å². The summed E-state index contributed by atoms with van der Waals surface area (Å²) in [5, 5.41) is 3.02. The minimum atomic E-state index is 0.0473. The van der Waals surface area contributed by atoms with E-state index in [1.165, 1.54) is 11.3 Å². The average Bonchev–Trinajstić information content (AvgIpc) is 2.74. The third kappa shape index (κ3) is 5.26. The zero-order chi connectivity index (χ0) is 19.9. The molecule has 150 valence electrons. The SMILES string of the molecule is CC[C@H](C)c1ccc(NC(=O)CN2CCN(c3cccc(OC)c3)CC2)cc1. The van der Waals surface area contributed by atoms with Gasteiger partial charge < -0.3 is 15.0 Å². The van der Waals surface area contributed by atoms with Crippen molar-refractivity contribution in [3.63, 3.8) is 0 Å². The topological polar surface area (TPSA) is 44.8 Å². The summed E-state index contributed by atoms with van der Waals surface area (Å²) in [5.41, 5.74) is 3.35. The van der Waals surface area contributed by atoms with Gasteiger partial charge in [0.05, 0.1) is 13.7 Å². The van der Waals surface area contributed by atoms with E-state index in [4.69, 9.17) is 4.74 Å². The quantitative estimate of drug-likeness (QED) is 0.788. The first-order valence-electron chi connectivity index (χ1n) is 10.1. The largest absolute Gasteiger partial charge is 0.497 e. The second kappa shape index (κ2) is 9.60. The van der Waals surface area contributed by atoms with Gasteiger partial charge in [-0.05, 0) is 42.2 Å². The molecule has 3 rings (SSSR count). The number of carbonyl (C=O) groups is 1. The Labute approximate surface area is 168 Å². The Hall–Kier alpha value is -2.53. The van der Waals surface area contributed by atoms with Crippen LogP contribution in [-0.2, 0) is 4.79 Å². The summed E-state index contributed by atoms with van der Waals surface area (Å²) in [6.45, 7) is 8.40. The van der Waals surface area contributed by atoms with Gasteiger partial charge in [-0.3, -0.25) is 9.69 Å². The van der Waals surface area contributed by atoms with E-state index >= 15 is 0 Å². The molecular formula is C23H31N3O2. The zero-order valence-electron chi connectivity index (χ0n) is 17.1. The van der Waals surface area contributed by atoms with Gasteiger partial charge in [-0.2, -0.15) is 0 Å². The second-order valence-electron chi connectivity index (χ2n) is 7.44. The van der Waals surface area contributed by atoms with Crippen LogP contribution in [0.5, 0.6) is 5.75 Å². The van der Waals surface area contributed by atoms with Crippen LogP contribution in [0.25, 0.3) is 0 Å². The lowest BCUT2D eigenvalue weighted by molar-refractivity contribution is -0.117. The lowest BCUT2D eigenvalue weighted by Gasteiger charge is -2.35. The molecule has 1 aliphatic rings. The number of amides is 1. The molecule has 1 amide bonds. The first-order valence-corrected chi connectivity index (χ1v) is 10.1. The lowest BCUT2D eigenvalue weighted by atomic mass is 9.99. The Kier molecular flexibility index (Phi) is 6.93. The minimum absolute atomic E-state index is 0.0473. The normalized spacial score (nSPS) is 15.9. The summed E-state index contributed by atoms with van der Waals surface area (Å²) in [7, 11) is 1.69. The fourth-order valence-corrected chi connectivity index (χ4v) is 3.51. The van der Waals surface area contributed by atoms with Crippen molar-refractivity contribution in [2.75, 3.05) is 50.1 Å². The number of hydrogen-bond acceptors (Lipinski definition) is 4. The van der Waals surface area contributed by atoms with E-state index < -0.39 is 0 Å². The number of rotatable bonds is 7. The van der Waals surface area contributed by atoms with Crippen LogP contribution in [0, 0.1) is 0 Å². The van der Waals surface area contributed by atoms with Crippen LogP contribution in [0.15, 0.2) is 48.5 Å². The molecule has 0 aliphatic carbocycles. The van der Waals surface area contributed by atoms with Crippen molar-refractivity contribution in [1.82, 2.24) is 4.90 Å². The first kappa shape index (κ1) is 20.2. The number of methoxy groups -OCH3 is 1. The van der Waals surface area contributed by atoms with Gasteiger partial charge >= 0.3 is 0 Å². The number of anilines is 2. The average molecular weight is 382 g/mol. The fourth-order valence-electron chi connectivity index (χ4n) is 3.51. The Morgan fingerprint density at radius 3 is 2.46 bits per heavy atom. The fraction of sp³-hybridized carbons (Fsp3) is 0.435. The number of hydrogen-bond donors (Lipinski definition) is 1. The minimum Gasteiger partial charge on any atom is -0.497 e. The molecule has 0 saturated carbocycles. The molecule has 2 aromatic carbocycles. The van der Waals surface area contributed by atoms with Gasteiger partial charge in [-0.25, -0.2) is 0 Å². The van der Waals surface area contributed by atoms with E-state index in [-0.39, 0.29) is 5.91 Å². The Morgan fingerprint density at radius 1 is 1.11 bits per heavy atom. The molecule has 0 bridgehead atoms. The van der Waals surface area contributed by atoms with Crippen LogP contribution >= 0.6 is 0 Å². The summed E-state index contributed by atoms with van der Waals surface area (Å²) < 4.78 is 5.31. The summed E-state index contributed by atoms with van der Waals surface area (Å²) in [6.07, 6.45) is 1.12. The number of nitrogens with one attached hydrogen (secondary N) is 1. The molecule has 0 aromatic heterocycles. The smallest absolute Gasteiger partial charge is 0.238 e. The highest BCUT2D eigenvalue weighted by atomic mass is 16.5. The predicted molar refractivity (Wildman–Crippen MR) is 115 cm³/mol. The maximum Gasteiger partial charge on any atom is 0.238 e. The Balaban J connectivity index is 1.47. The van der Waals surface area contributed by atoms with E-state index in [0.29, 0.717) is 12.5 Å². The highest BCUT2D eigenvalue weighted by molar-refractivity contribution is 5.92. The monoisotopic (exact) mass is 381 g/mol. The molecule has 0 spiro atoms. The number of carbonyl (C=O) groups excluding carboxylic acids is 1. The third-order valence-electron chi connectivity index (χ3n) is 5.53. The Bertz CT molecular complexity index is 768. The highest BCUT2D eigenvalue weighted by Crippen LogP contribution is 2.22. The molecule has 2 aromatic rings. The second-order valence-corrected chi connectivity index (χ2v) is 7.44. The van der Waals surface area contributed by atoms with Crippen molar-refractivity contribution in [2.45, 2.75) is 26.2 Å². The number of benzene rings is 2. The number of piperazine rings is 1. The van der Waals surface area contributed by atoms with Crippen LogP contribution in [0.3, 0.4) is 0 Å². The lowest BCUT2D eigenvalue weighted by Crippen LogP contribution is -2.48. The van der Waals surface area contributed by atoms with Crippen LogP contribution in [0.2, 0.25) is 0 Å². The van der Waals surface area contributed by atoms with E-state index in [1.807, 2.05) is 24.3 Å². The molecular weight excluding hydrogens is 350 g/mol. The molecule has 5 heteroatoms. The van der Waals surface area contributed by atoms with Crippen molar-refractivity contribution < 1.29 is 9.53 Å². The summed E-state index contributed by atoms with van der Waals surface area (Å²) in [5.74, 6) is 1.47. The van der Waals surface area contributed by atoms with Gasteiger partial charge in [-0.1, -0.05) is 32.0 Å². The van der Waals surface area contributed by atoms with Gasteiger partial charge in [-0.15, -0.1) is 0 Å². The van der Waals surface area contributed by atoms with Crippen molar-refractivity contribution >= 4 is 17.3 Å². The maximum absolute atomic E-state index is 12.4. The highest BCUT2D eigenvalue weighted by Gasteiger charge is 2.19. The van der Waals surface area contributed by atoms with E-state index in [2.05, 4.69) is 53.2 Å². The zero-order valence-corrected chi connectivity index (χ0v) is 17.1. The third-order valence-corrected chi connectivity index (χ3v) is 5.53. The van der Waals surface area contributed by atoms with Crippen molar-refractivity contribution in [2.24, 2.45) is 0 Å². The van der Waals surface area contributed by atoms with Gasteiger partial charge in [0.15, 0.2) is 0 Å². The molecule has 1 aliphatic heterocycles.